The zero-order valence-electron chi connectivity index (χ0n) is 9.32. The van der Waals surface area contributed by atoms with Crippen molar-refractivity contribution in [3.63, 3.8) is 0 Å². The number of nitriles is 1. The molecule has 0 aliphatic heterocycles. The molecule has 8 heteroatoms. The Morgan fingerprint density at radius 3 is 2.68 bits per heavy atom. The normalized spacial score (nSPS) is 11.1. The van der Waals surface area contributed by atoms with E-state index in [1.54, 1.807) is 6.07 Å². The number of nitrogens with zero attached hydrogens (tertiary/aromatic N) is 2. The molecule has 1 aromatic carbocycles. The predicted octanol–water partition coefficient (Wildman–Crippen LogP) is 3.36. The van der Waals surface area contributed by atoms with Gasteiger partial charge in [-0.15, -0.1) is 0 Å². The van der Waals surface area contributed by atoms with Crippen molar-refractivity contribution in [3.8, 4) is 6.07 Å². The fraction of sp³-hybridized carbons (Fsp3) is 0.0909. The number of alkyl halides is 3. The van der Waals surface area contributed by atoms with Crippen molar-refractivity contribution < 1.29 is 13.2 Å². The Labute approximate surface area is 110 Å². The third-order valence-corrected chi connectivity index (χ3v) is 3.00. The van der Waals surface area contributed by atoms with E-state index >= 15 is 0 Å². The Hall–Kier alpha value is -2.27. The van der Waals surface area contributed by atoms with Gasteiger partial charge in [0.15, 0.2) is 10.8 Å². The van der Waals surface area contributed by atoms with E-state index in [1.165, 1.54) is 12.1 Å². The summed E-state index contributed by atoms with van der Waals surface area (Å²) in [5.74, 6) is 0. The maximum absolute atomic E-state index is 12.5. The maximum atomic E-state index is 12.5. The monoisotopic (exact) mass is 284 g/mol. The van der Waals surface area contributed by atoms with Crippen LogP contribution in [0.15, 0.2) is 24.3 Å². The van der Waals surface area contributed by atoms with E-state index in [9.17, 15) is 13.2 Å². The van der Waals surface area contributed by atoms with Crippen molar-refractivity contribution >= 4 is 27.2 Å². The van der Waals surface area contributed by atoms with E-state index in [4.69, 9.17) is 11.0 Å². The molecule has 19 heavy (non-hydrogen) atoms. The van der Waals surface area contributed by atoms with Crippen LogP contribution in [0.3, 0.4) is 0 Å². The van der Waals surface area contributed by atoms with Crippen LogP contribution in [0.5, 0.6) is 0 Å². The minimum Gasteiger partial charge on any atom is -0.388 e. The fourth-order valence-corrected chi connectivity index (χ4v) is 2.06. The predicted molar refractivity (Wildman–Crippen MR) is 66.0 cm³/mol. The summed E-state index contributed by atoms with van der Waals surface area (Å²) < 4.78 is 37.6. The Bertz CT molecular complexity index is 642. The van der Waals surface area contributed by atoms with Crippen LogP contribution in [0.25, 0.3) is 0 Å². The Kier molecular flexibility index (Phi) is 3.31. The molecule has 0 fully saturated rings. The van der Waals surface area contributed by atoms with Crippen molar-refractivity contribution in [1.29, 1.82) is 5.26 Å². The van der Waals surface area contributed by atoms with Gasteiger partial charge >= 0.3 is 6.18 Å². The minimum absolute atomic E-state index is 0.0551. The van der Waals surface area contributed by atoms with E-state index in [1.807, 2.05) is 0 Å². The number of nitrogens with one attached hydrogen (secondary N) is 1. The van der Waals surface area contributed by atoms with Gasteiger partial charge in [-0.2, -0.15) is 18.4 Å². The first-order valence-corrected chi connectivity index (χ1v) is 5.82. The van der Waals surface area contributed by atoms with Gasteiger partial charge in [0.05, 0.1) is 5.56 Å². The van der Waals surface area contributed by atoms with E-state index < -0.39 is 11.7 Å². The van der Waals surface area contributed by atoms with Crippen LogP contribution in [0.4, 0.5) is 29.0 Å². The minimum atomic E-state index is -4.41. The summed E-state index contributed by atoms with van der Waals surface area (Å²) in [6, 6.07) is 6.48. The van der Waals surface area contributed by atoms with Gasteiger partial charge in [-0.05, 0) is 18.2 Å². The molecule has 4 nitrogen and oxygen atoms in total. The molecule has 0 aliphatic rings. The van der Waals surface area contributed by atoms with Crippen LogP contribution in [0.1, 0.15) is 11.3 Å². The number of hydrogen-bond donors (Lipinski definition) is 2. The van der Waals surface area contributed by atoms with Gasteiger partial charge in [0, 0.05) is 5.69 Å². The van der Waals surface area contributed by atoms with Gasteiger partial charge in [0.25, 0.3) is 0 Å². The first-order valence-electron chi connectivity index (χ1n) is 5.01. The van der Waals surface area contributed by atoms with Crippen molar-refractivity contribution in [1.82, 2.24) is 4.98 Å². The molecule has 0 amide bonds. The summed E-state index contributed by atoms with van der Waals surface area (Å²) in [7, 11) is 0. The molecule has 0 unspecified atom stereocenters. The third kappa shape index (κ3) is 2.95. The lowest BCUT2D eigenvalue weighted by Crippen LogP contribution is -2.05. The van der Waals surface area contributed by atoms with Crippen LogP contribution in [-0.4, -0.2) is 4.98 Å². The van der Waals surface area contributed by atoms with Crippen LogP contribution in [0.2, 0.25) is 0 Å². The lowest BCUT2D eigenvalue weighted by atomic mass is 10.2. The molecule has 0 bridgehead atoms. The van der Waals surface area contributed by atoms with Gasteiger partial charge in [0.2, 0.25) is 0 Å². The molecule has 1 aromatic heterocycles. The molecule has 0 saturated carbocycles. The topological polar surface area (TPSA) is 74.7 Å². The molecule has 0 atom stereocenters. The van der Waals surface area contributed by atoms with Gasteiger partial charge < -0.3 is 11.1 Å². The number of anilines is 3. The van der Waals surface area contributed by atoms with E-state index in [0.29, 0.717) is 0 Å². The molecular formula is C11H7F3N4S. The fourth-order valence-electron chi connectivity index (χ4n) is 1.36. The highest BCUT2D eigenvalue weighted by Crippen LogP contribution is 2.32. The number of thiazole rings is 1. The second-order valence-electron chi connectivity index (χ2n) is 3.55. The maximum Gasteiger partial charge on any atom is 0.416 e. The standard InChI is InChI=1S/C11H7F3N4S/c12-11(13,14)6-2-1-3-7(4-6)17-10-18-8(5-15)9(16)19-10/h1-4H,16H2,(H,17,18). The quantitative estimate of drug-likeness (QED) is 0.886. The zero-order valence-corrected chi connectivity index (χ0v) is 10.1. The van der Waals surface area contributed by atoms with Gasteiger partial charge in [0.1, 0.15) is 11.1 Å². The average molecular weight is 284 g/mol. The average Bonchev–Trinajstić information content (AvgIpc) is 2.68. The first-order chi connectivity index (χ1) is 8.90. The second kappa shape index (κ2) is 4.78. The smallest absolute Gasteiger partial charge is 0.388 e. The van der Waals surface area contributed by atoms with Crippen molar-refractivity contribution in [2.75, 3.05) is 11.1 Å². The SMILES string of the molecule is N#Cc1nc(Nc2cccc(C(F)(F)F)c2)sc1N. The van der Waals surface area contributed by atoms with Crippen LogP contribution in [0, 0.1) is 11.3 Å². The number of rotatable bonds is 2. The second-order valence-corrected chi connectivity index (χ2v) is 4.58. The molecule has 2 rings (SSSR count). The number of nitrogens with two attached hydrogens (primary N) is 1. The molecule has 0 radical (unpaired) electrons. The Balaban J connectivity index is 2.26. The summed E-state index contributed by atoms with van der Waals surface area (Å²) >= 11 is 0.999. The number of aromatic nitrogens is 1. The van der Waals surface area contributed by atoms with Crippen molar-refractivity contribution in [2.45, 2.75) is 6.18 Å². The summed E-state index contributed by atoms with van der Waals surface area (Å²) in [5, 5.41) is 11.9. The highest BCUT2D eigenvalue weighted by molar-refractivity contribution is 7.19. The first kappa shape index (κ1) is 13.2. The van der Waals surface area contributed by atoms with Crippen LogP contribution >= 0.6 is 11.3 Å². The van der Waals surface area contributed by atoms with Crippen LogP contribution in [-0.2, 0) is 6.18 Å². The highest BCUT2D eigenvalue weighted by Gasteiger charge is 2.30. The van der Waals surface area contributed by atoms with Gasteiger partial charge in [-0.1, -0.05) is 17.4 Å². The Morgan fingerprint density at radius 1 is 1.37 bits per heavy atom. The number of nitrogen functional groups attached to an aromatic ring is 1. The molecule has 0 saturated heterocycles. The zero-order chi connectivity index (χ0) is 14.0. The van der Waals surface area contributed by atoms with E-state index in [-0.39, 0.29) is 21.5 Å². The molecule has 2 aromatic rings. The lowest BCUT2D eigenvalue weighted by molar-refractivity contribution is -0.137. The number of benzene rings is 1. The van der Waals surface area contributed by atoms with Gasteiger partial charge in [-0.3, -0.25) is 0 Å². The summed E-state index contributed by atoms with van der Waals surface area (Å²) in [4.78, 5) is 3.86. The number of hydrogen-bond acceptors (Lipinski definition) is 5. The Morgan fingerprint density at radius 2 is 2.11 bits per heavy atom. The molecule has 3 N–H and O–H groups in total. The third-order valence-electron chi connectivity index (χ3n) is 2.20. The molecule has 98 valence electrons. The van der Waals surface area contributed by atoms with E-state index in [0.717, 1.165) is 23.5 Å². The molecule has 0 aliphatic carbocycles. The van der Waals surface area contributed by atoms with Gasteiger partial charge in [-0.25, -0.2) is 4.98 Å². The highest BCUT2D eigenvalue weighted by atomic mass is 32.1. The number of halogens is 3. The summed E-state index contributed by atoms with van der Waals surface area (Å²) in [5.41, 5.74) is 5.04. The van der Waals surface area contributed by atoms with Crippen molar-refractivity contribution in [3.05, 3.63) is 35.5 Å². The van der Waals surface area contributed by atoms with Crippen molar-refractivity contribution in [2.24, 2.45) is 0 Å². The molecule has 0 spiro atoms. The summed E-state index contributed by atoms with van der Waals surface area (Å²) in [6.45, 7) is 0. The summed E-state index contributed by atoms with van der Waals surface area (Å²) in [6.07, 6.45) is -4.41. The van der Waals surface area contributed by atoms with Crippen LogP contribution < -0.4 is 11.1 Å². The van der Waals surface area contributed by atoms with E-state index in [2.05, 4.69) is 10.3 Å². The molecular weight excluding hydrogens is 277 g/mol. The largest absolute Gasteiger partial charge is 0.416 e. The lowest BCUT2D eigenvalue weighted by Gasteiger charge is -2.08. The molecule has 1 heterocycles.